The van der Waals surface area contributed by atoms with E-state index in [1.807, 2.05) is 0 Å². The van der Waals surface area contributed by atoms with Gasteiger partial charge in [-0.05, 0) is 25.1 Å². The summed E-state index contributed by atoms with van der Waals surface area (Å²) in [4.78, 5) is 35.2. The Hall–Kier alpha value is -1.69. The first-order valence-electron chi connectivity index (χ1n) is 6.64. The van der Waals surface area contributed by atoms with Gasteiger partial charge in [0.2, 0.25) is 5.91 Å². The van der Waals surface area contributed by atoms with Crippen molar-refractivity contribution in [1.82, 2.24) is 0 Å². The lowest BCUT2D eigenvalue weighted by Crippen LogP contribution is -2.20. The maximum absolute atomic E-state index is 12.2. The van der Waals surface area contributed by atoms with E-state index in [1.54, 1.807) is 39.0 Å². The SMILES string of the molecule is CCOC(=O)CC(=O)Nc1ccc(Br)cc1C(=O)C(C)C. The van der Waals surface area contributed by atoms with Crippen molar-refractivity contribution < 1.29 is 19.1 Å². The average molecular weight is 356 g/mol. The van der Waals surface area contributed by atoms with Crippen molar-refractivity contribution in [3.05, 3.63) is 28.2 Å². The van der Waals surface area contributed by atoms with Gasteiger partial charge >= 0.3 is 5.97 Å². The number of anilines is 1. The van der Waals surface area contributed by atoms with Crippen LogP contribution in [-0.4, -0.2) is 24.3 Å². The van der Waals surface area contributed by atoms with Crippen LogP contribution in [-0.2, 0) is 14.3 Å². The van der Waals surface area contributed by atoms with Crippen LogP contribution in [0.25, 0.3) is 0 Å². The van der Waals surface area contributed by atoms with Crippen molar-refractivity contribution in [3.8, 4) is 0 Å². The lowest BCUT2D eigenvalue weighted by molar-refractivity contribution is -0.145. The summed E-state index contributed by atoms with van der Waals surface area (Å²) >= 11 is 3.30. The lowest BCUT2D eigenvalue weighted by Gasteiger charge is -2.12. The molecule has 6 heteroatoms. The van der Waals surface area contributed by atoms with Crippen LogP contribution in [0.4, 0.5) is 5.69 Å². The largest absolute Gasteiger partial charge is 0.466 e. The fraction of sp³-hybridized carbons (Fsp3) is 0.400. The van der Waals surface area contributed by atoms with Crippen molar-refractivity contribution in [2.24, 2.45) is 5.92 Å². The predicted octanol–water partition coefficient (Wildman–Crippen LogP) is 3.18. The van der Waals surface area contributed by atoms with Gasteiger partial charge < -0.3 is 10.1 Å². The summed E-state index contributed by atoms with van der Waals surface area (Å²) in [5.74, 6) is -1.37. The number of esters is 1. The van der Waals surface area contributed by atoms with E-state index in [1.165, 1.54) is 0 Å². The van der Waals surface area contributed by atoms with Gasteiger partial charge in [-0.3, -0.25) is 14.4 Å². The van der Waals surface area contributed by atoms with Crippen molar-refractivity contribution in [2.75, 3.05) is 11.9 Å². The van der Waals surface area contributed by atoms with Crippen LogP contribution in [0.5, 0.6) is 0 Å². The maximum Gasteiger partial charge on any atom is 0.315 e. The Kier molecular flexibility index (Phi) is 6.55. The molecule has 0 fully saturated rings. The Balaban J connectivity index is 2.90. The second-order valence-electron chi connectivity index (χ2n) is 4.74. The first kappa shape index (κ1) is 17.4. The lowest BCUT2D eigenvalue weighted by atomic mass is 9.99. The van der Waals surface area contributed by atoms with Crippen molar-refractivity contribution in [1.29, 1.82) is 0 Å². The number of carbonyl (C=O) groups excluding carboxylic acids is 3. The third kappa shape index (κ3) is 5.30. The van der Waals surface area contributed by atoms with Crippen molar-refractivity contribution >= 4 is 39.3 Å². The van der Waals surface area contributed by atoms with E-state index in [0.717, 1.165) is 4.47 Å². The monoisotopic (exact) mass is 355 g/mol. The summed E-state index contributed by atoms with van der Waals surface area (Å²) in [7, 11) is 0. The third-order valence-corrected chi connectivity index (χ3v) is 3.15. The summed E-state index contributed by atoms with van der Waals surface area (Å²) in [6.45, 7) is 5.46. The number of benzene rings is 1. The minimum atomic E-state index is -0.594. The highest BCUT2D eigenvalue weighted by Gasteiger charge is 2.18. The summed E-state index contributed by atoms with van der Waals surface area (Å²) in [6.07, 6.45) is -0.376. The van der Waals surface area contributed by atoms with Crippen LogP contribution >= 0.6 is 15.9 Å². The van der Waals surface area contributed by atoms with Gasteiger partial charge in [0.25, 0.3) is 0 Å². The van der Waals surface area contributed by atoms with Gasteiger partial charge in [-0.25, -0.2) is 0 Å². The number of carbonyl (C=O) groups is 3. The smallest absolute Gasteiger partial charge is 0.315 e. The van der Waals surface area contributed by atoms with Crippen LogP contribution in [0, 0.1) is 5.92 Å². The number of amides is 1. The molecule has 1 N–H and O–H groups in total. The summed E-state index contributed by atoms with van der Waals surface area (Å²) in [5.41, 5.74) is 0.808. The molecule has 1 aromatic rings. The van der Waals surface area contributed by atoms with E-state index in [4.69, 9.17) is 4.74 Å². The zero-order chi connectivity index (χ0) is 16.0. The average Bonchev–Trinajstić information content (AvgIpc) is 2.39. The third-order valence-electron chi connectivity index (χ3n) is 2.66. The Bertz CT molecular complexity index is 555. The Morgan fingerprint density at radius 1 is 1.29 bits per heavy atom. The first-order chi connectivity index (χ1) is 9.85. The normalized spacial score (nSPS) is 10.3. The minimum Gasteiger partial charge on any atom is -0.466 e. The second kappa shape index (κ2) is 7.93. The van der Waals surface area contributed by atoms with Gasteiger partial charge in [0.05, 0.1) is 12.3 Å². The van der Waals surface area contributed by atoms with Crippen LogP contribution < -0.4 is 5.32 Å². The molecule has 0 unspecified atom stereocenters. The summed E-state index contributed by atoms with van der Waals surface area (Å²) in [5, 5.41) is 2.58. The predicted molar refractivity (Wildman–Crippen MR) is 83.2 cm³/mol. The number of hydrogen-bond donors (Lipinski definition) is 1. The first-order valence-corrected chi connectivity index (χ1v) is 7.43. The van der Waals surface area contributed by atoms with Gasteiger partial charge in [0, 0.05) is 16.0 Å². The molecule has 0 heterocycles. The fourth-order valence-electron chi connectivity index (χ4n) is 1.68. The van der Waals surface area contributed by atoms with E-state index >= 15 is 0 Å². The molecule has 0 saturated heterocycles. The van der Waals surface area contributed by atoms with E-state index in [2.05, 4.69) is 21.2 Å². The maximum atomic E-state index is 12.2. The molecule has 1 amide bonds. The summed E-state index contributed by atoms with van der Waals surface area (Å²) in [6, 6.07) is 5.00. The molecule has 0 saturated carbocycles. The van der Waals surface area contributed by atoms with E-state index in [0.29, 0.717) is 11.3 Å². The van der Waals surface area contributed by atoms with E-state index in [-0.39, 0.29) is 24.7 Å². The number of rotatable bonds is 6. The molecule has 0 atom stereocenters. The Labute approximate surface area is 132 Å². The molecule has 21 heavy (non-hydrogen) atoms. The number of Topliss-reactive ketones (excluding diaryl/α,β-unsaturated/α-hetero) is 1. The standard InChI is InChI=1S/C15H18BrNO4/c1-4-21-14(19)8-13(18)17-12-6-5-10(16)7-11(12)15(20)9(2)3/h5-7,9H,4,8H2,1-3H3,(H,17,18). The van der Waals surface area contributed by atoms with Crippen molar-refractivity contribution in [3.63, 3.8) is 0 Å². The van der Waals surface area contributed by atoms with Crippen LogP contribution in [0.2, 0.25) is 0 Å². The Morgan fingerprint density at radius 3 is 2.52 bits per heavy atom. The minimum absolute atomic E-state index is 0.0808. The topological polar surface area (TPSA) is 72.5 Å². The summed E-state index contributed by atoms with van der Waals surface area (Å²) < 4.78 is 5.46. The second-order valence-corrected chi connectivity index (χ2v) is 5.65. The zero-order valence-electron chi connectivity index (χ0n) is 12.2. The quantitative estimate of drug-likeness (QED) is 0.483. The number of ether oxygens (including phenoxy) is 1. The van der Waals surface area contributed by atoms with Gasteiger partial charge in [-0.1, -0.05) is 29.8 Å². The molecule has 0 bridgehead atoms. The molecular formula is C15H18BrNO4. The highest BCUT2D eigenvalue weighted by atomic mass is 79.9. The van der Waals surface area contributed by atoms with Gasteiger partial charge in [-0.2, -0.15) is 0 Å². The fourth-order valence-corrected chi connectivity index (χ4v) is 2.04. The molecule has 0 aliphatic rings. The van der Waals surface area contributed by atoms with Crippen LogP contribution in [0.3, 0.4) is 0 Å². The van der Waals surface area contributed by atoms with E-state index < -0.39 is 11.9 Å². The molecule has 1 aromatic carbocycles. The van der Waals surface area contributed by atoms with E-state index in [9.17, 15) is 14.4 Å². The highest BCUT2D eigenvalue weighted by Crippen LogP contribution is 2.24. The Morgan fingerprint density at radius 2 is 1.95 bits per heavy atom. The molecule has 0 aromatic heterocycles. The molecule has 1 rings (SSSR count). The van der Waals surface area contributed by atoms with Crippen LogP contribution in [0.1, 0.15) is 37.6 Å². The molecule has 5 nitrogen and oxygen atoms in total. The van der Waals surface area contributed by atoms with Crippen LogP contribution in [0.15, 0.2) is 22.7 Å². The van der Waals surface area contributed by atoms with Gasteiger partial charge in [-0.15, -0.1) is 0 Å². The number of ketones is 1. The zero-order valence-corrected chi connectivity index (χ0v) is 13.8. The molecule has 114 valence electrons. The molecule has 0 aliphatic carbocycles. The van der Waals surface area contributed by atoms with Gasteiger partial charge in [0.1, 0.15) is 6.42 Å². The number of nitrogens with one attached hydrogen (secondary N) is 1. The van der Waals surface area contributed by atoms with Gasteiger partial charge in [0.15, 0.2) is 5.78 Å². The molecule has 0 spiro atoms. The van der Waals surface area contributed by atoms with Crippen molar-refractivity contribution in [2.45, 2.75) is 27.2 Å². The molecule has 0 aliphatic heterocycles. The highest BCUT2D eigenvalue weighted by molar-refractivity contribution is 9.10. The molecular weight excluding hydrogens is 338 g/mol. The number of halogens is 1. The molecule has 0 radical (unpaired) electrons. The number of hydrogen-bond acceptors (Lipinski definition) is 4.